The van der Waals surface area contributed by atoms with E-state index in [9.17, 15) is 0 Å². The maximum Gasteiger partial charge on any atom is 0.116 e. The normalized spacial score (nSPS) is 11.5. The van der Waals surface area contributed by atoms with E-state index in [0.717, 1.165) is 55.6 Å². The zero-order chi connectivity index (χ0) is 33.7. The molecule has 3 aromatic heterocycles. The Hall–Kier alpha value is -6.91. The van der Waals surface area contributed by atoms with Crippen molar-refractivity contribution < 1.29 is 0 Å². The molecule has 0 bridgehead atoms. The zero-order valence-electron chi connectivity index (χ0n) is 27.6. The molecule has 51 heavy (non-hydrogen) atoms. The Morgan fingerprint density at radius 3 is 1.61 bits per heavy atom. The number of aromatic nitrogens is 4. The lowest BCUT2D eigenvalue weighted by Crippen LogP contribution is -1.93. The molecule has 238 valence electrons. The van der Waals surface area contributed by atoms with Crippen LogP contribution < -0.4 is 0 Å². The molecule has 0 saturated heterocycles. The summed E-state index contributed by atoms with van der Waals surface area (Å²) in [5.74, 6) is 0. The van der Waals surface area contributed by atoms with Gasteiger partial charge in [0.2, 0.25) is 0 Å². The highest BCUT2D eigenvalue weighted by molar-refractivity contribution is 6.21. The lowest BCUT2D eigenvalue weighted by atomic mass is 9.85. The lowest BCUT2D eigenvalue weighted by Gasteiger charge is -2.18. The van der Waals surface area contributed by atoms with Crippen molar-refractivity contribution in [1.82, 2.24) is 19.5 Å². The number of rotatable bonds is 5. The van der Waals surface area contributed by atoms with E-state index in [4.69, 9.17) is 9.97 Å². The molecule has 0 aliphatic rings. The fraction of sp³-hybridized carbons (Fsp3) is 0. The van der Waals surface area contributed by atoms with Crippen LogP contribution in [0.25, 0.3) is 93.8 Å². The molecular formula is C47H30N4. The van der Waals surface area contributed by atoms with Gasteiger partial charge in [-0.15, -0.1) is 0 Å². The Balaban J connectivity index is 1.11. The van der Waals surface area contributed by atoms with Crippen LogP contribution in [0.2, 0.25) is 0 Å². The number of para-hydroxylation sites is 1. The quantitative estimate of drug-likeness (QED) is 0.174. The Bertz CT molecular complexity index is 2850. The second-order valence-corrected chi connectivity index (χ2v) is 12.9. The molecule has 0 saturated carbocycles. The van der Waals surface area contributed by atoms with E-state index >= 15 is 0 Å². The Morgan fingerprint density at radius 2 is 0.922 bits per heavy atom. The van der Waals surface area contributed by atoms with Crippen LogP contribution in [-0.4, -0.2) is 19.5 Å². The first-order valence-electron chi connectivity index (χ1n) is 17.2. The van der Waals surface area contributed by atoms with Crippen molar-refractivity contribution in [3.63, 3.8) is 0 Å². The second-order valence-electron chi connectivity index (χ2n) is 12.9. The standard InChI is InChI=1S/C47H30N4/c1-3-12-31(13-4-1)46-36-18-7-9-20-38(36)47(39-21-10-8-19-37(39)46)34-15-11-14-32(26-34)42-28-43(50-30-49-42)33-22-23-44-40(27-33)41-29-48-25-24-45(41)51(44)35-16-5-2-6-17-35/h1-30H. The second kappa shape index (κ2) is 11.9. The number of hydrogen-bond donors (Lipinski definition) is 0. The first kappa shape index (κ1) is 29.0. The van der Waals surface area contributed by atoms with Gasteiger partial charge in [-0.25, -0.2) is 9.97 Å². The smallest absolute Gasteiger partial charge is 0.116 e. The van der Waals surface area contributed by atoms with Gasteiger partial charge in [0.15, 0.2) is 0 Å². The number of fused-ring (bicyclic) bond motifs is 5. The molecule has 7 aromatic carbocycles. The van der Waals surface area contributed by atoms with Crippen LogP contribution in [0.15, 0.2) is 183 Å². The SMILES string of the molecule is c1ccc(-c2c3ccccc3c(-c3cccc(-c4cc(-c5ccc6c(c5)c5cnccc5n6-c5ccccc5)ncn4)c3)c3ccccc23)cc1. The summed E-state index contributed by atoms with van der Waals surface area (Å²) in [6.45, 7) is 0. The topological polar surface area (TPSA) is 43.6 Å². The molecule has 10 aromatic rings. The predicted molar refractivity (Wildman–Crippen MR) is 211 cm³/mol. The summed E-state index contributed by atoms with van der Waals surface area (Å²) in [4.78, 5) is 14.0. The molecule has 10 rings (SSSR count). The van der Waals surface area contributed by atoms with Crippen molar-refractivity contribution in [2.75, 3.05) is 0 Å². The van der Waals surface area contributed by atoms with E-state index in [0.29, 0.717) is 0 Å². The predicted octanol–water partition coefficient (Wildman–Crippen LogP) is 11.9. The fourth-order valence-electron chi connectivity index (χ4n) is 7.74. The van der Waals surface area contributed by atoms with Crippen molar-refractivity contribution in [1.29, 1.82) is 0 Å². The molecule has 0 aliphatic heterocycles. The van der Waals surface area contributed by atoms with Crippen molar-refractivity contribution in [3.05, 3.63) is 183 Å². The van der Waals surface area contributed by atoms with Gasteiger partial charge in [0.1, 0.15) is 6.33 Å². The molecule has 0 amide bonds. The summed E-state index contributed by atoms with van der Waals surface area (Å²) in [5.41, 5.74) is 12.1. The maximum absolute atomic E-state index is 4.78. The van der Waals surface area contributed by atoms with E-state index in [2.05, 4.69) is 167 Å². The third-order valence-electron chi connectivity index (χ3n) is 9.98. The first-order valence-corrected chi connectivity index (χ1v) is 17.2. The fourth-order valence-corrected chi connectivity index (χ4v) is 7.74. The van der Waals surface area contributed by atoms with E-state index in [1.54, 1.807) is 6.33 Å². The molecule has 0 spiro atoms. The van der Waals surface area contributed by atoms with Crippen LogP contribution in [0.4, 0.5) is 0 Å². The molecule has 0 fully saturated rings. The molecular weight excluding hydrogens is 621 g/mol. The molecule has 4 heteroatoms. The summed E-state index contributed by atoms with van der Waals surface area (Å²) in [6, 6.07) is 58.3. The van der Waals surface area contributed by atoms with Crippen LogP contribution in [0, 0.1) is 0 Å². The van der Waals surface area contributed by atoms with E-state index in [1.165, 1.54) is 38.2 Å². The number of pyridine rings is 1. The van der Waals surface area contributed by atoms with Gasteiger partial charge in [0.25, 0.3) is 0 Å². The van der Waals surface area contributed by atoms with Gasteiger partial charge in [-0.3, -0.25) is 4.98 Å². The first-order chi connectivity index (χ1) is 25.3. The number of benzene rings is 7. The van der Waals surface area contributed by atoms with Crippen molar-refractivity contribution in [2.24, 2.45) is 0 Å². The maximum atomic E-state index is 4.78. The zero-order valence-corrected chi connectivity index (χ0v) is 27.6. The monoisotopic (exact) mass is 650 g/mol. The number of nitrogens with zero attached hydrogens (tertiary/aromatic N) is 4. The Labute approximate surface area is 295 Å². The van der Waals surface area contributed by atoms with Crippen molar-refractivity contribution >= 4 is 43.4 Å². The molecule has 0 N–H and O–H groups in total. The average Bonchev–Trinajstić information content (AvgIpc) is 3.54. The Kier molecular flexibility index (Phi) is 6.78. The Morgan fingerprint density at radius 1 is 0.373 bits per heavy atom. The lowest BCUT2D eigenvalue weighted by molar-refractivity contribution is 1.17. The van der Waals surface area contributed by atoms with Crippen LogP contribution in [0.1, 0.15) is 0 Å². The highest BCUT2D eigenvalue weighted by Gasteiger charge is 2.18. The van der Waals surface area contributed by atoms with Crippen LogP contribution in [0.5, 0.6) is 0 Å². The minimum absolute atomic E-state index is 0.875. The van der Waals surface area contributed by atoms with Gasteiger partial charge >= 0.3 is 0 Å². The average molecular weight is 651 g/mol. The van der Waals surface area contributed by atoms with Gasteiger partial charge in [0, 0.05) is 40.0 Å². The molecule has 0 atom stereocenters. The van der Waals surface area contributed by atoms with E-state index < -0.39 is 0 Å². The van der Waals surface area contributed by atoms with Gasteiger partial charge in [-0.2, -0.15) is 0 Å². The van der Waals surface area contributed by atoms with E-state index in [1.807, 2.05) is 18.5 Å². The summed E-state index contributed by atoms with van der Waals surface area (Å²) in [7, 11) is 0. The summed E-state index contributed by atoms with van der Waals surface area (Å²) in [5, 5.41) is 7.19. The van der Waals surface area contributed by atoms with Crippen LogP contribution in [-0.2, 0) is 0 Å². The highest BCUT2D eigenvalue weighted by Crippen LogP contribution is 2.44. The van der Waals surface area contributed by atoms with Gasteiger partial charge in [-0.05, 0) is 86.3 Å². The van der Waals surface area contributed by atoms with Crippen molar-refractivity contribution in [2.45, 2.75) is 0 Å². The highest BCUT2D eigenvalue weighted by atomic mass is 15.0. The van der Waals surface area contributed by atoms with Gasteiger partial charge < -0.3 is 4.57 Å². The minimum Gasteiger partial charge on any atom is -0.309 e. The third kappa shape index (κ3) is 4.80. The van der Waals surface area contributed by atoms with Crippen LogP contribution in [0.3, 0.4) is 0 Å². The molecule has 0 unspecified atom stereocenters. The van der Waals surface area contributed by atoms with Crippen molar-refractivity contribution in [3.8, 4) is 50.5 Å². The molecule has 4 nitrogen and oxygen atoms in total. The molecule has 3 heterocycles. The molecule has 0 aliphatic carbocycles. The summed E-state index contributed by atoms with van der Waals surface area (Å²) < 4.78 is 2.30. The number of hydrogen-bond acceptors (Lipinski definition) is 3. The van der Waals surface area contributed by atoms with Gasteiger partial charge in [0.05, 0.1) is 22.4 Å². The van der Waals surface area contributed by atoms with Crippen LogP contribution >= 0.6 is 0 Å². The summed E-state index contributed by atoms with van der Waals surface area (Å²) in [6.07, 6.45) is 5.49. The largest absolute Gasteiger partial charge is 0.309 e. The minimum atomic E-state index is 0.875. The summed E-state index contributed by atoms with van der Waals surface area (Å²) >= 11 is 0. The van der Waals surface area contributed by atoms with E-state index in [-0.39, 0.29) is 0 Å². The molecule has 0 radical (unpaired) electrons. The van der Waals surface area contributed by atoms with Gasteiger partial charge in [-0.1, -0.05) is 121 Å². The third-order valence-corrected chi connectivity index (χ3v) is 9.98.